The predicted octanol–water partition coefficient (Wildman–Crippen LogP) is 10.8. The van der Waals surface area contributed by atoms with Crippen LogP contribution in [0.15, 0.2) is 164 Å². The maximum atomic E-state index is 6.85. The van der Waals surface area contributed by atoms with Crippen LogP contribution in [0, 0.1) is 0 Å². The number of fused-ring (bicyclic) bond motifs is 11. The van der Waals surface area contributed by atoms with E-state index in [0.29, 0.717) is 0 Å². The molecule has 7 aromatic carbocycles. The SMILES string of the molecule is c1ccc(CN2Cc3cccc4c3-c3c(cccc3C3(c5ccccc5Oc5ccccc53)C43c4ccccc4Oc4ccccc43)C2)cc1. The van der Waals surface area contributed by atoms with Crippen LogP contribution in [0.3, 0.4) is 0 Å². The van der Waals surface area contributed by atoms with Crippen molar-refractivity contribution in [2.45, 2.75) is 30.5 Å². The molecule has 0 aromatic heterocycles. The van der Waals surface area contributed by atoms with Crippen LogP contribution in [0.25, 0.3) is 11.1 Å². The average molecular weight is 644 g/mol. The van der Waals surface area contributed by atoms with E-state index in [2.05, 4.69) is 169 Å². The van der Waals surface area contributed by atoms with E-state index in [1.54, 1.807) is 0 Å². The number of rotatable bonds is 2. The molecule has 0 bridgehead atoms. The fourth-order valence-electron chi connectivity index (χ4n) is 9.95. The Balaban J connectivity index is 1.36. The number of para-hydroxylation sites is 4. The highest BCUT2D eigenvalue weighted by atomic mass is 16.5. The zero-order valence-electron chi connectivity index (χ0n) is 27.5. The topological polar surface area (TPSA) is 21.7 Å². The Hall–Kier alpha value is -5.90. The third-order valence-corrected chi connectivity index (χ3v) is 11.6. The summed E-state index contributed by atoms with van der Waals surface area (Å²) >= 11 is 0. The molecular formula is C47H33NO2. The smallest absolute Gasteiger partial charge is 0.131 e. The van der Waals surface area contributed by atoms with E-state index in [4.69, 9.17) is 9.47 Å². The number of hydrogen-bond acceptors (Lipinski definition) is 3. The molecule has 11 rings (SSSR count). The first-order valence-corrected chi connectivity index (χ1v) is 17.5. The molecule has 0 radical (unpaired) electrons. The lowest BCUT2D eigenvalue weighted by molar-refractivity contribution is 0.250. The summed E-state index contributed by atoms with van der Waals surface area (Å²) in [6, 6.07) is 59.9. The van der Waals surface area contributed by atoms with Gasteiger partial charge in [0.1, 0.15) is 23.0 Å². The first kappa shape index (κ1) is 28.0. The Kier molecular flexibility index (Phi) is 5.77. The number of benzene rings is 7. The molecule has 4 aliphatic rings. The summed E-state index contributed by atoms with van der Waals surface area (Å²) < 4.78 is 13.7. The number of hydrogen-bond donors (Lipinski definition) is 0. The summed E-state index contributed by atoms with van der Waals surface area (Å²) in [5.41, 5.74) is 12.6. The second-order valence-electron chi connectivity index (χ2n) is 14.0. The Morgan fingerprint density at radius 2 is 0.740 bits per heavy atom. The van der Waals surface area contributed by atoms with Crippen LogP contribution >= 0.6 is 0 Å². The third kappa shape index (κ3) is 3.47. The Bertz CT molecular complexity index is 2250. The molecule has 3 nitrogen and oxygen atoms in total. The largest absolute Gasteiger partial charge is 0.457 e. The fraction of sp³-hybridized carbons (Fsp3) is 0.106. The maximum absolute atomic E-state index is 6.85. The Morgan fingerprint density at radius 1 is 0.380 bits per heavy atom. The van der Waals surface area contributed by atoms with Crippen molar-refractivity contribution in [1.82, 2.24) is 4.90 Å². The molecule has 0 saturated carbocycles. The first-order valence-electron chi connectivity index (χ1n) is 17.5. The molecule has 0 N–H and O–H groups in total. The Labute approximate surface area is 292 Å². The van der Waals surface area contributed by atoms with Gasteiger partial charge in [-0.15, -0.1) is 0 Å². The van der Waals surface area contributed by atoms with Gasteiger partial charge >= 0.3 is 0 Å². The summed E-state index contributed by atoms with van der Waals surface area (Å²) in [5.74, 6) is 3.57. The van der Waals surface area contributed by atoms with Crippen LogP contribution in [0.4, 0.5) is 0 Å². The fourth-order valence-corrected chi connectivity index (χ4v) is 9.95. The van der Waals surface area contributed by atoms with Crippen molar-refractivity contribution in [2.24, 2.45) is 0 Å². The highest BCUT2D eigenvalue weighted by Crippen LogP contribution is 2.72. The van der Waals surface area contributed by atoms with Gasteiger partial charge in [0.2, 0.25) is 0 Å². The van der Waals surface area contributed by atoms with Gasteiger partial charge in [-0.2, -0.15) is 0 Å². The molecule has 238 valence electrons. The third-order valence-electron chi connectivity index (χ3n) is 11.6. The van der Waals surface area contributed by atoms with Gasteiger partial charge in [0.15, 0.2) is 0 Å². The minimum Gasteiger partial charge on any atom is -0.457 e. The highest BCUT2D eigenvalue weighted by molar-refractivity contribution is 5.92. The van der Waals surface area contributed by atoms with Crippen LogP contribution in [-0.4, -0.2) is 4.90 Å². The van der Waals surface area contributed by atoms with E-state index in [9.17, 15) is 0 Å². The first-order chi connectivity index (χ1) is 24.8. The lowest BCUT2D eigenvalue weighted by atomic mass is 9.42. The van der Waals surface area contributed by atoms with Crippen molar-refractivity contribution in [2.75, 3.05) is 0 Å². The zero-order chi connectivity index (χ0) is 32.9. The van der Waals surface area contributed by atoms with E-state index >= 15 is 0 Å². The van der Waals surface area contributed by atoms with Gasteiger partial charge in [-0.1, -0.05) is 140 Å². The molecule has 3 heterocycles. The van der Waals surface area contributed by atoms with Gasteiger partial charge < -0.3 is 9.47 Å². The molecule has 2 spiro atoms. The standard InChI is InChI=1S/C47H33NO2/c1-2-14-31(15-3-1)28-48-29-32-16-12-22-38-44(32)45-33(30-48)17-13-23-39(45)47(36-20-6-10-26-42(36)50-43-27-11-7-21-37(43)47)46(38)34-18-4-8-24-40(34)49-41-25-9-5-19-35(41)46/h1-27H,28-30H2. The normalized spacial score (nSPS) is 16.5. The predicted molar refractivity (Wildman–Crippen MR) is 197 cm³/mol. The van der Waals surface area contributed by atoms with Crippen LogP contribution in [0.5, 0.6) is 23.0 Å². The number of nitrogens with zero attached hydrogens (tertiary/aromatic N) is 1. The quantitative estimate of drug-likeness (QED) is 0.187. The van der Waals surface area contributed by atoms with Crippen molar-refractivity contribution in [3.05, 3.63) is 214 Å². The molecule has 50 heavy (non-hydrogen) atoms. The highest BCUT2D eigenvalue weighted by Gasteiger charge is 2.66. The molecule has 0 fully saturated rings. The molecule has 7 aromatic rings. The van der Waals surface area contributed by atoms with E-state index in [1.165, 1.54) is 61.2 Å². The van der Waals surface area contributed by atoms with Crippen molar-refractivity contribution in [3.63, 3.8) is 0 Å². The van der Waals surface area contributed by atoms with Gasteiger partial charge in [-0.05, 0) is 63.2 Å². The molecule has 3 heteroatoms. The lowest BCUT2D eigenvalue weighted by Gasteiger charge is -2.59. The monoisotopic (exact) mass is 643 g/mol. The Morgan fingerprint density at radius 3 is 1.16 bits per heavy atom. The van der Waals surface area contributed by atoms with Gasteiger partial charge in [-0.3, -0.25) is 4.90 Å². The average Bonchev–Trinajstić information content (AvgIpc) is 3.33. The zero-order valence-corrected chi connectivity index (χ0v) is 27.5. The summed E-state index contributed by atoms with van der Waals surface area (Å²) in [4.78, 5) is 2.61. The van der Waals surface area contributed by atoms with Crippen molar-refractivity contribution >= 4 is 0 Å². The van der Waals surface area contributed by atoms with Crippen molar-refractivity contribution in [1.29, 1.82) is 0 Å². The number of ether oxygens (including phenoxy) is 2. The minimum atomic E-state index is -0.708. The van der Waals surface area contributed by atoms with Gasteiger partial charge in [0, 0.05) is 41.9 Å². The molecule has 0 unspecified atom stereocenters. The van der Waals surface area contributed by atoms with E-state index in [0.717, 1.165) is 42.6 Å². The van der Waals surface area contributed by atoms with Gasteiger partial charge in [0.25, 0.3) is 0 Å². The van der Waals surface area contributed by atoms with Gasteiger partial charge in [-0.25, -0.2) is 0 Å². The van der Waals surface area contributed by atoms with E-state index in [-0.39, 0.29) is 0 Å². The molecule has 0 atom stereocenters. The van der Waals surface area contributed by atoms with Crippen LogP contribution in [-0.2, 0) is 30.5 Å². The summed E-state index contributed by atoms with van der Waals surface area (Å²) in [5, 5.41) is 0. The summed E-state index contributed by atoms with van der Waals surface area (Å²) in [6.07, 6.45) is 0. The van der Waals surface area contributed by atoms with Crippen LogP contribution in [0.2, 0.25) is 0 Å². The molecule has 0 amide bonds. The second kappa shape index (κ2) is 10.3. The molecule has 3 aliphatic heterocycles. The van der Waals surface area contributed by atoms with E-state index < -0.39 is 10.8 Å². The molecular weight excluding hydrogens is 611 g/mol. The van der Waals surface area contributed by atoms with E-state index in [1.807, 2.05) is 0 Å². The van der Waals surface area contributed by atoms with Gasteiger partial charge in [0.05, 0.1) is 10.8 Å². The summed E-state index contributed by atoms with van der Waals surface area (Å²) in [6.45, 7) is 2.58. The molecule has 1 aliphatic carbocycles. The van der Waals surface area contributed by atoms with Crippen LogP contribution < -0.4 is 9.47 Å². The second-order valence-corrected chi connectivity index (χ2v) is 14.0. The molecule has 0 saturated heterocycles. The van der Waals surface area contributed by atoms with Crippen molar-refractivity contribution in [3.8, 4) is 34.1 Å². The lowest BCUT2D eigenvalue weighted by Crippen LogP contribution is -2.57. The van der Waals surface area contributed by atoms with Crippen molar-refractivity contribution < 1.29 is 9.47 Å². The van der Waals surface area contributed by atoms with Crippen LogP contribution in [0.1, 0.15) is 50.1 Å². The minimum absolute atomic E-state index is 0.708. The summed E-state index contributed by atoms with van der Waals surface area (Å²) in [7, 11) is 0. The maximum Gasteiger partial charge on any atom is 0.131 e.